The summed E-state index contributed by atoms with van der Waals surface area (Å²) in [5.74, 6) is 0.00476. The number of rotatable bonds is 4. The van der Waals surface area contributed by atoms with E-state index in [9.17, 15) is 18.3 Å². The molecule has 0 amide bonds. The van der Waals surface area contributed by atoms with Gasteiger partial charge in [0, 0.05) is 11.6 Å². The van der Waals surface area contributed by atoms with E-state index in [1.807, 2.05) is 0 Å². The molecule has 106 valence electrons. The molecule has 0 aliphatic heterocycles. The lowest BCUT2D eigenvalue weighted by Crippen LogP contribution is -2.44. The monoisotopic (exact) mass is 279 g/mol. The zero-order valence-corrected chi connectivity index (χ0v) is 10.1. The number of halogens is 3. The summed E-state index contributed by atoms with van der Waals surface area (Å²) in [6.07, 6.45) is -5.10. The van der Waals surface area contributed by atoms with E-state index in [1.165, 1.54) is 19.2 Å². The number of nitrogens with zero attached hydrogens (tertiary/aromatic N) is 1. The van der Waals surface area contributed by atoms with Gasteiger partial charge in [-0.15, -0.1) is 0 Å². The molecule has 19 heavy (non-hydrogen) atoms. The highest BCUT2D eigenvalue weighted by molar-refractivity contribution is 5.74. The molecule has 1 aromatic carbocycles. The van der Waals surface area contributed by atoms with Gasteiger partial charge in [-0.1, -0.05) is 5.16 Å². The smallest absolute Gasteiger partial charge is 0.426 e. The quantitative estimate of drug-likeness (QED) is 0.502. The summed E-state index contributed by atoms with van der Waals surface area (Å²) in [4.78, 5) is 0. The van der Waals surface area contributed by atoms with Gasteiger partial charge >= 0.3 is 6.18 Å². The van der Waals surface area contributed by atoms with Crippen molar-refractivity contribution in [3.8, 4) is 11.5 Å². The van der Waals surface area contributed by atoms with Crippen molar-refractivity contribution in [2.75, 3.05) is 14.2 Å². The minimum Gasteiger partial charge on any atom is -0.497 e. The third kappa shape index (κ3) is 2.73. The Morgan fingerprint density at radius 3 is 2.26 bits per heavy atom. The second-order valence-electron chi connectivity index (χ2n) is 3.57. The van der Waals surface area contributed by atoms with E-state index in [-0.39, 0.29) is 17.7 Å². The average molecular weight is 279 g/mol. The van der Waals surface area contributed by atoms with Crippen molar-refractivity contribution < 1.29 is 33.0 Å². The van der Waals surface area contributed by atoms with Gasteiger partial charge in [-0.3, -0.25) is 0 Å². The van der Waals surface area contributed by atoms with Crippen LogP contribution in [0.3, 0.4) is 0 Å². The fourth-order valence-electron chi connectivity index (χ4n) is 1.49. The lowest BCUT2D eigenvalue weighted by atomic mass is 9.93. The highest BCUT2D eigenvalue weighted by Gasteiger charge is 2.56. The largest absolute Gasteiger partial charge is 0.497 e. The molecular formula is C11H12F3NO4. The molecule has 5 nitrogen and oxygen atoms in total. The number of alkyl halides is 3. The SMILES string of the molecule is COc1ccc(C(O)(C=NO)C(F)(F)F)c(OC)c1. The van der Waals surface area contributed by atoms with Crippen molar-refractivity contribution in [1.29, 1.82) is 0 Å². The van der Waals surface area contributed by atoms with Crippen LogP contribution in [0.2, 0.25) is 0 Å². The van der Waals surface area contributed by atoms with E-state index in [2.05, 4.69) is 5.16 Å². The Morgan fingerprint density at radius 2 is 1.84 bits per heavy atom. The summed E-state index contributed by atoms with van der Waals surface area (Å²) < 4.78 is 48.4. The first-order valence-electron chi connectivity index (χ1n) is 5.00. The Bertz CT molecular complexity index is 475. The molecule has 0 heterocycles. The normalized spacial score (nSPS) is 15.3. The molecule has 0 aliphatic carbocycles. The van der Waals surface area contributed by atoms with E-state index in [0.717, 1.165) is 13.2 Å². The number of hydrogen-bond donors (Lipinski definition) is 2. The molecule has 0 saturated carbocycles. The maximum absolute atomic E-state index is 12.9. The Balaban J connectivity index is 3.47. The highest BCUT2D eigenvalue weighted by Crippen LogP contribution is 2.42. The lowest BCUT2D eigenvalue weighted by Gasteiger charge is -2.28. The molecule has 1 atom stereocenters. The van der Waals surface area contributed by atoms with Gasteiger partial charge in [-0.2, -0.15) is 13.2 Å². The lowest BCUT2D eigenvalue weighted by molar-refractivity contribution is -0.234. The van der Waals surface area contributed by atoms with E-state index in [4.69, 9.17) is 14.7 Å². The molecule has 1 unspecified atom stereocenters. The molecule has 0 aromatic heterocycles. The molecule has 8 heteroatoms. The number of aliphatic hydroxyl groups is 1. The molecule has 0 fully saturated rings. The van der Waals surface area contributed by atoms with Gasteiger partial charge in [-0.05, 0) is 12.1 Å². The summed E-state index contributed by atoms with van der Waals surface area (Å²) >= 11 is 0. The molecule has 0 radical (unpaired) electrons. The van der Waals surface area contributed by atoms with Crippen molar-refractivity contribution in [3.63, 3.8) is 0 Å². The molecule has 0 bridgehead atoms. The number of benzene rings is 1. The number of oxime groups is 1. The van der Waals surface area contributed by atoms with Crippen molar-refractivity contribution >= 4 is 6.21 Å². The second kappa shape index (κ2) is 5.35. The molecule has 0 aliphatic rings. The predicted octanol–water partition coefficient (Wildman–Crippen LogP) is 1.91. The summed E-state index contributed by atoms with van der Waals surface area (Å²) in [7, 11) is 2.48. The van der Waals surface area contributed by atoms with Crippen LogP contribution in [-0.4, -0.2) is 36.9 Å². The maximum Gasteiger partial charge on any atom is 0.426 e. The van der Waals surface area contributed by atoms with E-state index < -0.39 is 17.3 Å². The Hall–Kier alpha value is -1.96. The molecule has 1 aromatic rings. The molecule has 1 rings (SSSR count). The maximum atomic E-state index is 12.9. The van der Waals surface area contributed by atoms with Gasteiger partial charge in [0.15, 0.2) is 0 Å². The van der Waals surface area contributed by atoms with Crippen molar-refractivity contribution in [1.82, 2.24) is 0 Å². The number of ether oxygens (including phenoxy) is 2. The van der Waals surface area contributed by atoms with Crippen LogP contribution in [0.25, 0.3) is 0 Å². The van der Waals surface area contributed by atoms with E-state index in [0.29, 0.717) is 0 Å². The van der Waals surface area contributed by atoms with Crippen LogP contribution in [0.15, 0.2) is 23.4 Å². The summed E-state index contributed by atoms with van der Waals surface area (Å²) in [6.45, 7) is 0. The third-order valence-electron chi connectivity index (χ3n) is 2.50. The first-order valence-corrected chi connectivity index (χ1v) is 5.00. The topological polar surface area (TPSA) is 71.3 Å². The zero-order chi connectivity index (χ0) is 14.7. The van der Waals surface area contributed by atoms with Crippen LogP contribution in [0.5, 0.6) is 11.5 Å². The third-order valence-corrected chi connectivity index (χ3v) is 2.50. The molecule has 0 spiro atoms. The minimum absolute atomic E-state index is 0.0165. The predicted molar refractivity (Wildman–Crippen MR) is 59.8 cm³/mol. The average Bonchev–Trinajstić information content (AvgIpc) is 2.36. The standard InChI is InChI=1S/C11H12F3NO4/c1-18-7-3-4-8(9(5-7)19-2)10(16,6-15-17)11(12,13)14/h3-6,16-17H,1-2H3. The Kier molecular flexibility index (Phi) is 4.25. The van der Waals surface area contributed by atoms with Crippen LogP contribution in [0.1, 0.15) is 5.56 Å². The second-order valence-corrected chi connectivity index (χ2v) is 3.57. The van der Waals surface area contributed by atoms with Gasteiger partial charge in [0.25, 0.3) is 0 Å². The van der Waals surface area contributed by atoms with Crippen LogP contribution < -0.4 is 9.47 Å². The van der Waals surface area contributed by atoms with Crippen molar-refractivity contribution in [3.05, 3.63) is 23.8 Å². The van der Waals surface area contributed by atoms with E-state index >= 15 is 0 Å². The highest BCUT2D eigenvalue weighted by atomic mass is 19.4. The van der Waals surface area contributed by atoms with Gasteiger partial charge in [-0.25, -0.2) is 0 Å². The van der Waals surface area contributed by atoms with Crippen molar-refractivity contribution in [2.24, 2.45) is 5.16 Å². The van der Waals surface area contributed by atoms with Crippen LogP contribution in [0, 0.1) is 0 Å². The minimum atomic E-state index is -5.08. The van der Waals surface area contributed by atoms with Gasteiger partial charge in [0.05, 0.1) is 20.4 Å². The van der Waals surface area contributed by atoms with Gasteiger partial charge < -0.3 is 19.8 Å². The fraction of sp³-hybridized carbons (Fsp3) is 0.364. The van der Waals surface area contributed by atoms with Crippen LogP contribution in [-0.2, 0) is 5.60 Å². The molecular weight excluding hydrogens is 267 g/mol. The first-order chi connectivity index (χ1) is 8.80. The Morgan fingerprint density at radius 1 is 1.21 bits per heavy atom. The fourth-order valence-corrected chi connectivity index (χ4v) is 1.49. The zero-order valence-electron chi connectivity index (χ0n) is 10.1. The number of hydrogen-bond acceptors (Lipinski definition) is 5. The molecule has 0 saturated heterocycles. The Labute approximate surface area is 106 Å². The van der Waals surface area contributed by atoms with Crippen LogP contribution >= 0.6 is 0 Å². The van der Waals surface area contributed by atoms with Crippen LogP contribution in [0.4, 0.5) is 13.2 Å². The van der Waals surface area contributed by atoms with Gasteiger partial charge in [0.2, 0.25) is 5.60 Å². The summed E-state index contributed by atoms with van der Waals surface area (Å²) in [6, 6.07) is 3.38. The van der Waals surface area contributed by atoms with Crippen molar-refractivity contribution in [2.45, 2.75) is 11.8 Å². The summed E-state index contributed by atoms with van der Waals surface area (Å²) in [5, 5.41) is 20.4. The van der Waals surface area contributed by atoms with E-state index in [1.54, 1.807) is 0 Å². The first kappa shape index (κ1) is 15.1. The molecule has 2 N–H and O–H groups in total. The number of methoxy groups -OCH3 is 2. The summed E-state index contributed by atoms with van der Waals surface area (Å²) in [5.41, 5.74) is -4.07. The van der Waals surface area contributed by atoms with Gasteiger partial charge in [0.1, 0.15) is 11.5 Å².